The fourth-order valence-corrected chi connectivity index (χ4v) is 3.01. The van der Waals surface area contributed by atoms with Crippen molar-refractivity contribution in [1.29, 1.82) is 0 Å². The maximum atomic E-state index is 11.8. The Balaban J connectivity index is 2.38. The fraction of sp³-hybridized carbons (Fsp3) is 1.00. The minimum Gasteiger partial charge on any atom is -0.327 e. The molecule has 0 bridgehead atoms. The SMILES string of the molecule is CC(C)C(N)CCN(C)S(=O)(=O)C1CC1. The zero-order valence-electron chi connectivity index (χ0n) is 9.81. The standard InChI is InChI=1S/C10H22N2O2S/c1-8(2)10(11)6-7-12(3)15(13,14)9-4-5-9/h8-10H,4-7,11H2,1-3H3. The number of hydrogen-bond acceptors (Lipinski definition) is 3. The summed E-state index contributed by atoms with van der Waals surface area (Å²) < 4.78 is 25.0. The fourth-order valence-electron chi connectivity index (χ4n) is 1.41. The summed E-state index contributed by atoms with van der Waals surface area (Å²) in [6, 6.07) is 0.0850. The lowest BCUT2D eigenvalue weighted by molar-refractivity contribution is 0.397. The second kappa shape index (κ2) is 4.80. The Morgan fingerprint density at radius 3 is 2.33 bits per heavy atom. The average molecular weight is 234 g/mol. The molecule has 0 aromatic carbocycles. The molecule has 1 rings (SSSR count). The van der Waals surface area contributed by atoms with Gasteiger partial charge in [-0.25, -0.2) is 12.7 Å². The first-order valence-corrected chi connectivity index (χ1v) is 7.06. The van der Waals surface area contributed by atoms with Crippen molar-refractivity contribution in [1.82, 2.24) is 4.31 Å². The van der Waals surface area contributed by atoms with Crippen molar-refractivity contribution in [2.24, 2.45) is 11.7 Å². The second-order valence-electron chi connectivity index (χ2n) is 4.76. The summed E-state index contributed by atoms with van der Waals surface area (Å²) in [7, 11) is -1.36. The number of rotatable bonds is 6. The quantitative estimate of drug-likeness (QED) is 0.739. The Morgan fingerprint density at radius 1 is 1.40 bits per heavy atom. The molecule has 0 aromatic heterocycles. The van der Waals surface area contributed by atoms with Crippen LogP contribution < -0.4 is 5.73 Å². The van der Waals surface area contributed by atoms with Gasteiger partial charge in [-0.3, -0.25) is 0 Å². The predicted octanol–water partition coefficient (Wildman–Crippen LogP) is 0.784. The maximum absolute atomic E-state index is 11.8. The molecule has 0 aliphatic heterocycles. The van der Waals surface area contributed by atoms with Gasteiger partial charge in [0.25, 0.3) is 0 Å². The third-order valence-corrected chi connectivity index (χ3v) is 5.38. The lowest BCUT2D eigenvalue weighted by Crippen LogP contribution is -2.36. The third kappa shape index (κ3) is 3.43. The molecular formula is C10H22N2O2S. The number of nitrogens with zero attached hydrogens (tertiary/aromatic N) is 1. The molecule has 0 saturated heterocycles. The third-order valence-electron chi connectivity index (χ3n) is 3.01. The van der Waals surface area contributed by atoms with E-state index >= 15 is 0 Å². The van der Waals surface area contributed by atoms with E-state index in [1.54, 1.807) is 7.05 Å². The van der Waals surface area contributed by atoms with Gasteiger partial charge in [-0.15, -0.1) is 0 Å². The summed E-state index contributed by atoms with van der Waals surface area (Å²) in [5, 5.41) is -0.113. The molecule has 0 amide bonds. The Hall–Kier alpha value is -0.130. The van der Waals surface area contributed by atoms with Crippen LogP contribution in [0.5, 0.6) is 0 Å². The zero-order chi connectivity index (χ0) is 11.6. The van der Waals surface area contributed by atoms with Crippen molar-refractivity contribution in [3.05, 3.63) is 0 Å². The van der Waals surface area contributed by atoms with Gasteiger partial charge in [-0.05, 0) is 25.2 Å². The molecule has 90 valence electrons. The molecule has 4 nitrogen and oxygen atoms in total. The molecular weight excluding hydrogens is 212 g/mol. The molecule has 15 heavy (non-hydrogen) atoms. The Kier molecular flexibility index (Phi) is 4.14. The van der Waals surface area contributed by atoms with E-state index in [2.05, 4.69) is 13.8 Å². The first-order valence-electron chi connectivity index (χ1n) is 5.56. The Bertz CT molecular complexity index is 297. The van der Waals surface area contributed by atoms with Crippen molar-refractivity contribution in [2.45, 2.75) is 44.4 Å². The summed E-state index contributed by atoms with van der Waals surface area (Å²) in [5.41, 5.74) is 5.88. The predicted molar refractivity (Wildman–Crippen MR) is 62.0 cm³/mol. The molecule has 1 aliphatic carbocycles. The van der Waals surface area contributed by atoms with Gasteiger partial charge in [-0.1, -0.05) is 13.8 Å². The molecule has 0 aromatic rings. The van der Waals surface area contributed by atoms with Gasteiger partial charge in [0, 0.05) is 19.6 Å². The Morgan fingerprint density at radius 2 is 1.93 bits per heavy atom. The second-order valence-corrected chi connectivity index (χ2v) is 7.08. The molecule has 5 heteroatoms. The highest BCUT2D eigenvalue weighted by molar-refractivity contribution is 7.90. The highest BCUT2D eigenvalue weighted by Crippen LogP contribution is 2.30. The van der Waals surface area contributed by atoms with Crippen LogP contribution in [0.4, 0.5) is 0 Å². The van der Waals surface area contributed by atoms with E-state index in [9.17, 15) is 8.42 Å². The largest absolute Gasteiger partial charge is 0.327 e. The van der Waals surface area contributed by atoms with Gasteiger partial charge >= 0.3 is 0 Å². The first kappa shape index (κ1) is 12.9. The molecule has 1 unspecified atom stereocenters. The Labute approximate surface area is 92.9 Å². The van der Waals surface area contributed by atoms with E-state index in [1.165, 1.54) is 4.31 Å². The van der Waals surface area contributed by atoms with E-state index in [0.717, 1.165) is 19.3 Å². The van der Waals surface area contributed by atoms with Crippen molar-refractivity contribution < 1.29 is 8.42 Å². The first-order chi connectivity index (χ1) is 6.85. The molecule has 0 radical (unpaired) electrons. The van der Waals surface area contributed by atoms with E-state index in [0.29, 0.717) is 12.5 Å². The lowest BCUT2D eigenvalue weighted by Gasteiger charge is -2.21. The maximum Gasteiger partial charge on any atom is 0.216 e. The van der Waals surface area contributed by atoms with Crippen LogP contribution in [0, 0.1) is 5.92 Å². The van der Waals surface area contributed by atoms with Crippen molar-refractivity contribution in [2.75, 3.05) is 13.6 Å². The summed E-state index contributed by atoms with van der Waals surface area (Å²) in [4.78, 5) is 0. The van der Waals surface area contributed by atoms with Gasteiger partial charge in [-0.2, -0.15) is 0 Å². The van der Waals surface area contributed by atoms with Crippen molar-refractivity contribution >= 4 is 10.0 Å². The summed E-state index contributed by atoms with van der Waals surface area (Å²) in [6.07, 6.45) is 2.38. The van der Waals surface area contributed by atoms with Crippen LogP contribution in [0.2, 0.25) is 0 Å². The van der Waals surface area contributed by atoms with Crippen LogP contribution in [0.25, 0.3) is 0 Å². The minimum absolute atomic E-state index is 0.0850. The smallest absolute Gasteiger partial charge is 0.216 e. The van der Waals surface area contributed by atoms with Crippen LogP contribution in [0.3, 0.4) is 0 Å². The van der Waals surface area contributed by atoms with Crippen molar-refractivity contribution in [3.63, 3.8) is 0 Å². The lowest BCUT2D eigenvalue weighted by atomic mass is 10.0. The highest BCUT2D eigenvalue weighted by atomic mass is 32.2. The topological polar surface area (TPSA) is 63.4 Å². The molecule has 0 heterocycles. The van der Waals surface area contributed by atoms with E-state index in [-0.39, 0.29) is 11.3 Å². The van der Waals surface area contributed by atoms with Gasteiger partial charge in [0.2, 0.25) is 10.0 Å². The van der Waals surface area contributed by atoms with E-state index in [1.807, 2.05) is 0 Å². The van der Waals surface area contributed by atoms with Gasteiger partial charge in [0.05, 0.1) is 5.25 Å². The van der Waals surface area contributed by atoms with Crippen molar-refractivity contribution in [3.8, 4) is 0 Å². The van der Waals surface area contributed by atoms with Crippen LogP contribution in [0.15, 0.2) is 0 Å². The number of sulfonamides is 1. The van der Waals surface area contributed by atoms with Gasteiger partial charge in [0.15, 0.2) is 0 Å². The molecule has 1 fully saturated rings. The van der Waals surface area contributed by atoms with E-state index in [4.69, 9.17) is 5.73 Å². The number of nitrogens with two attached hydrogens (primary N) is 1. The average Bonchev–Trinajstić information content (AvgIpc) is 2.95. The molecule has 1 aliphatic rings. The van der Waals surface area contributed by atoms with Gasteiger partial charge in [0.1, 0.15) is 0 Å². The summed E-state index contributed by atoms with van der Waals surface area (Å²) >= 11 is 0. The molecule has 1 atom stereocenters. The van der Waals surface area contributed by atoms with E-state index < -0.39 is 10.0 Å². The highest BCUT2D eigenvalue weighted by Gasteiger charge is 2.38. The summed E-state index contributed by atoms with van der Waals surface area (Å²) in [6.45, 7) is 4.65. The van der Waals surface area contributed by atoms with Gasteiger partial charge < -0.3 is 5.73 Å². The monoisotopic (exact) mass is 234 g/mol. The van der Waals surface area contributed by atoms with Crippen LogP contribution in [0.1, 0.15) is 33.1 Å². The molecule has 0 spiro atoms. The van der Waals surface area contributed by atoms with Crippen LogP contribution in [-0.2, 0) is 10.0 Å². The molecule has 2 N–H and O–H groups in total. The van der Waals surface area contributed by atoms with Crippen LogP contribution >= 0.6 is 0 Å². The minimum atomic E-state index is -3.01. The molecule has 1 saturated carbocycles. The number of hydrogen-bond donors (Lipinski definition) is 1. The normalized spacial score (nSPS) is 19.9. The van der Waals surface area contributed by atoms with Crippen LogP contribution in [-0.4, -0.2) is 37.6 Å². The zero-order valence-corrected chi connectivity index (χ0v) is 10.6. The summed E-state index contributed by atoms with van der Waals surface area (Å²) in [5.74, 6) is 0.405.